The van der Waals surface area contributed by atoms with Crippen molar-refractivity contribution in [2.45, 2.75) is 162 Å². The highest BCUT2D eigenvalue weighted by Crippen LogP contribution is 2.64. The van der Waals surface area contributed by atoms with Gasteiger partial charge in [-0.05, 0) is 74.1 Å². The predicted molar refractivity (Wildman–Crippen MR) is 180 cm³/mol. The van der Waals surface area contributed by atoms with Crippen LogP contribution in [0.1, 0.15) is 95.4 Å². The molecule has 1 aliphatic heterocycles. The molecule has 3 aliphatic carbocycles. The molecule has 0 radical (unpaired) electrons. The summed E-state index contributed by atoms with van der Waals surface area (Å²) in [7, 11) is -4.35. The summed E-state index contributed by atoms with van der Waals surface area (Å²) < 4.78 is 33.1. The van der Waals surface area contributed by atoms with Crippen LogP contribution >= 0.6 is 0 Å². The zero-order valence-electron chi connectivity index (χ0n) is 29.7. The average molecular weight is 663 g/mol. The molecule has 8 nitrogen and oxygen atoms in total. The SMILES string of the molecule is C=C1CC[C@H](O[Si](CC)(CC)CC)[C@@]2(C)C(=O)[C@H](OC(C)=O)C3=C(C)[C@@H](O[Si](CC)(CC)CC)C[C@]4(OC(=O)O[C@H]4[C@H]12)C3(C)C. The molecule has 10 heteroatoms. The number of esters is 1. The van der Waals surface area contributed by atoms with E-state index in [0.29, 0.717) is 24.8 Å². The molecule has 1 saturated heterocycles. The van der Waals surface area contributed by atoms with Gasteiger partial charge in [0, 0.05) is 24.7 Å². The minimum absolute atomic E-state index is 0.218. The molecule has 0 N–H and O–H groups in total. The van der Waals surface area contributed by atoms with Gasteiger partial charge in [-0.3, -0.25) is 9.59 Å². The molecule has 254 valence electrons. The van der Waals surface area contributed by atoms with Gasteiger partial charge in [0.25, 0.3) is 0 Å². The second-order valence-electron chi connectivity index (χ2n) is 14.7. The highest BCUT2D eigenvalue weighted by Gasteiger charge is 2.74. The molecule has 0 amide bonds. The quantitative estimate of drug-likeness (QED) is 0.124. The Kier molecular flexibility index (Phi) is 10.2. The number of hydrogen-bond donors (Lipinski definition) is 0. The zero-order chi connectivity index (χ0) is 33.8. The van der Waals surface area contributed by atoms with E-state index < -0.39 is 75.5 Å². The van der Waals surface area contributed by atoms with Gasteiger partial charge in [0.1, 0.15) is 0 Å². The smallest absolute Gasteiger partial charge is 0.450 e. The summed E-state index contributed by atoms with van der Waals surface area (Å²) in [6.07, 6.45) is -1.93. The van der Waals surface area contributed by atoms with Crippen LogP contribution in [-0.4, -0.2) is 64.6 Å². The van der Waals surface area contributed by atoms with Crippen molar-refractivity contribution < 1.29 is 37.4 Å². The maximum atomic E-state index is 15.4. The summed E-state index contributed by atoms with van der Waals surface area (Å²) in [5.41, 5.74) is -0.886. The first-order valence-corrected chi connectivity index (χ1v) is 22.4. The molecule has 7 atom stereocenters. The third-order valence-corrected chi connectivity index (χ3v) is 22.1. The Balaban J connectivity index is 2.05. The van der Waals surface area contributed by atoms with Crippen LogP contribution in [0.2, 0.25) is 36.3 Å². The van der Waals surface area contributed by atoms with Gasteiger partial charge in [0.15, 0.2) is 40.2 Å². The Bertz CT molecular complexity index is 1220. The highest BCUT2D eigenvalue weighted by molar-refractivity contribution is 6.74. The fourth-order valence-electron chi connectivity index (χ4n) is 9.36. The number of Topliss-reactive ketones (excluding diaryl/α,β-unsaturated/α-hetero) is 1. The second-order valence-corrected chi connectivity index (χ2v) is 24.2. The predicted octanol–water partition coefficient (Wildman–Crippen LogP) is 8.27. The molecule has 2 saturated carbocycles. The molecule has 45 heavy (non-hydrogen) atoms. The van der Waals surface area contributed by atoms with E-state index in [-0.39, 0.29) is 5.78 Å². The highest BCUT2D eigenvalue weighted by atomic mass is 28.4. The largest absolute Gasteiger partial charge is 0.509 e. The van der Waals surface area contributed by atoms with Gasteiger partial charge in [0.05, 0.1) is 17.6 Å². The number of hydrogen-bond acceptors (Lipinski definition) is 8. The van der Waals surface area contributed by atoms with Gasteiger partial charge in [0.2, 0.25) is 0 Å². The van der Waals surface area contributed by atoms with Crippen molar-refractivity contribution in [3.63, 3.8) is 0 Å². The molecule has 0 aromatic heterocycles. The van der Waals surface area contributed by atoms with Crippen LogP contribution in [0, 0.1) is 16.7 Å². The number of ketones is 1. The van der Waals surface area contributed by atoms with Crippen LogP contribution in [0.15, 0.2) is 23.3 Å². The number of carbonyl (C=O) groups excluding carboxylic acids is 3. The van der Waals surface area contributed by atoms with Gasteiger partial charge >= 0.3 is 12.1 Å². The molecule has 1 heterocycles. The first-order valence-electron chi connectivity index (χ1n) is 17.4. The van der Waals surface area contributed by atoms with Crippen LogP contribution < -0.4 is 0 Å². The first-order chi connectivity index (χ1) is 21.0. The lowest BCUT2D eigenvalue weighted by Crippen LogP contribution is -2.70. The Morgan fingerprint density at radius 2 is 1.47 bits per heavy atom. The lowest BCUT2D eigenvalue weighted by atomic mass is 9.48. The third kappa shape index (κ3) is 5.43. The fourth-order valence-corrected chi connectivity index (χ4v) is 15.2. The monoisotopic (exact) mass is 662 g/mol. The Labute approximate surface area is 273 Å². The lowest BCUT2D eigenvalue weighted by molar-refractivity contribution is -0.180. The van der Waals surface area contributed by atoms with Gasteiger partial charge < -0.3 is 23.1 Å². The van der Waals surface area contributed by atoms with Gasteiger partial charge in [-0.2, -0.15) is 0 Å². The molecule has 3 fully saturated rings. The lowest BCUT2D eigenvalue weighted by Gasteiger charge is -2.60. The second kappa shape index (κ2) is 12.7. The van der Waals surface area contributed by atoms with E-state index in [4.69, 9.17) is 23.1 Å². The molecule has 4 rings (SSSR count). The molecule has 2 bridgehead atoms. The van der Waals surface area contributed by atoms with E-state index in [1.165, 1.54) is 6.92 Å². The van der Waals surface area contributed by atoms with Crippen molar-refractivity contribution in [3.8, 4) is 0 Å². The van der Waals surface area contributed by atoms with Crippen LogP contribution in [0.4, 0.5) is 4.79 Å². The van der Waals surface area contributed by atoms with Gasteiger partial charge in [-0.25, -0.2) is 4.79 Å². The number of rotatable bonds is 11. The average Bonchev–Trinajstić information content (AvgIpc) is 3.33. The number of fused-ring (bicyclic) bond motifs is 3. The maximum absolute atomic E-state index is 15.4. The summed E-state index contributed by atoms with van der Waals surface area (Å²) >= 11 is 0. The van der Waals surface area contributed by atoms with Crippen molar-refractivity contribution in [1.82, 2.24) is 0 Å². The number of carbonyl (C=O) groups is 3. The minimum atomic E-state index is -2.19. The fraction of sp³-hybridized carbons (Fsp3) is 0.800. The maximum Gasteiger partial charge on any atom is 0.509 e. The van der Waals surface area contributed by atoms with E-state index in [1.807, 2.05) is 27.7 Å². The van der Waals surface area contributed by atoms with Crippen LogP contribution in [0.25, 0.3) is 0 Å². The van der Waals surface area contributed by atoms with Crippen molar-refractivity contribution in [1.29, 1.82) is 0 Å². The van der Waals surface area contributed by atoms with Crippen LogP contribution in [-0.2, 0) is 32.7 Å². The van der Waals surface area contributed by atoms with E-state index in [0.717, 1.165) is 47.4 Å². The minimum Gasteiger partial charge on any atom is -0.450 e. The van der Waals surface area contributed by atoms with Gasteiger partial charge in [-0.1, -0.05) is 67.5 Å². The molecule has 4 aliphatic rings. The van der Waals surface area contributed by atoms with E-state index in [2.05, 4.69) is 48.1 Å². The summed E-state index contributed by atoms with van der Waals surface area (Å²) in [5.74, 6) is -1.34. The van der Waals surface area contributed by atoms with Crippen molar-refractivity contribution >= 4 is 34.5 Å². The Morgan fingerprint density at radius 1 is 0.933 bits per heavy atom. The molecule has 0 aromatic rings. The topological polar surface area (TPSA) is 97.4 Å². The normalized spacial score (nSPS) is 34.7. The molecular weight excluding hydrogens is 605 g/mol. The van der Waals surface area contributed by atoms with E-state index >= 15 is 4.79 Å². The molecule has 0 aromatic carbocycles. The summed E-state index contributed by atoms with van der Waals surface area (Å²) in [6.45, 7) is 26.9. The first kappa shape index (κ1) is 36.1. The standard InChI is InChI=1S/C35H58O8Si2/c1-13-44(14-2,15-3)42-25-21-35-31(40-32(38)41-35)27-22(7)19-20-26(43-45(16-4,17-5)18-6)34(27,12)30(37)29(39-24(9)36)28(23(25)8)33(35,10)11/h25-27,29,31H,7,13-21H2,1-6,8-12H3/t25-,26-,27-,29+,31-,34+,35+/m0/s1. The van der Waals surface area contributed by atoms with Crippen molar-refractivity contribution in [2.75, 3.05) is 0 Å². The molecule has 1 spiro atoms. The molecular formula is C35H58O8Si2. The Hall–Kier alpha value is -1.76. The van der Waals surface area contributed by atoms with Crippen LogP contribution in [0.3, 0.4) is 0 Å². The van der Waals surface area contributed by atoms with Crippen molar-refractivity contribution in [2.24, 2.45) is 16.7 Å². The van der Waals surface area contributed by atoms with E-state index in [1.54, 1.807) is 0 Å². The van der Waals surface area contributed by atoms with E-state index in [9.17, 15) is 9.59 Å². The van der Waals surface area contributed by atoms with Crippen LogP contribution in [0.5, 0.6) is 0 Å². The summed E-state index contributed by atoms with van der Waals surface area (Å²) in [6, 6.07) is 5.61. The zero-order valence-corrected chi connectivity index (χ0v) is 31.7. The summed E-state index contributed by atoms with van der Waals surface area (Å²) in [5, 5.41) is 0. The van der Waals surface area contributed by atoms with Gasteiger partial charge in [-0.15, -0.1) is 0 Å². The Morgan fingerprint density at radius 3 is 1.98 bits per heavy atom. The molecule has 0 unspecified atom stereocenters. The van der Waals surface area contributed by atoms with Crippen molar-refractivity contribution in [3.05, 3.63) is 23.3 Å². The summed E-state index contributed by atoms with van der Waals surface area (Å²) in [4.78, 5) is 41.7. The third-order valence-electron chi connectivity index (χ3n) is 12.8. The number of ether oxygens (including phenoxy) is 3.